The van der Waals surface area contributed by atoms with Crippen molar-refractivity contribution in [2.75, 3.05) is 67.6 Å². The largest absolute Gasteiger partial charge is 0.471 e. The highest BCUT2D eigenvalue weighted by molar-refractivity contribution is 6.23. The normalized spacial score (nSPS) is 18.1. The lowest BCUT2D eigenvalue weighted by Crippen LogP contribution is -2.54. The van der Waals surface area contributed by atoms with Gasteiger partial charge in [0.05, 0.1) is 41.8 Å². The predicted octanol–water partition coefficient (Wildman–Crippen LogP) is 5.86. The van der Waals surface area contributed by atoms with Crippen LogP contribution in [0.5, 0.6) is 5.88 Å². The third-order valence-corrected chi connectivity index (χ3v) is 12.3. The van der Waals surface area contributed by atoms with Crippen LogP contribution >= 0.6 is 0 Å². The number of nitrogens with zero attached hydrogens (tertiary/aromatic N) is 6. The number of halogens is 3. The lowest BCUT2D eigenvalue weighted by atomic mass is 10.0. The van der Waals surface area contributed by atoms with Crippen molar-refractivity contribution in [2.24, 2.45) is 0 Å². The number of nitrogens with one attached hydrogen (secondary N) is 2. The fourth-order valence-electron chi connectivity index (χ4n) is 8.63. The standard InChI is InChI=1S/C48H45F3N8O7/c1-29-38(23-35(26-52-29)54-43(61)32-3-2-4-34(21-32)48(49,50)51)33-22-41(58-17-19-65-20-18-58)45(53-25-33)66-28-31-7-5-30(6-8-31)27-56-13-15-57(16-14-56)36-9-10-37-39(24-36)47(64)59(46(37)63)40-11-12-42(60)55-44(40)62/h2-10,21-26,40H,11-20,27-28H2,1H3,(H,54,61)(H,55,60,62). The molecular weight excluding hydrogens is 858 g/mol. The summed E-state index contributed by atoms with van der Waals surface area (Å²) in [4.78, 5) is 80.5. The van der Waals surface area contributed by atoms with E-state index in [2.05, 4.69) is 42.5 Å². The topological polar surface area (TPSA) is 167 Å². The van der Waals surface area contributed by atoms with E-state index < -0.39 is 47.3 Å². The quantitative estimate of drug-likeness (QED) is 0.152. The number of hydrogen-bond acceptors (Lipinski definition) is 12. The van der Waals surface area contributed by atoms with E-state index in [4.69, 9.17) is 14.5 Å². The van der Waals surface area contributed by atoms with E-state index in [-0.39, 0.29) is 36.1 Å². The first-order valence-corrected chi connectivity index (χ1v) is 21.6. The molecule has 9 rings (SSSR count). The Morgan fingerprint density at radius 2 is 1.56 bits per heavy atom. The summed E-state index contributed by atoms with van der Waals surface area (Å²) in [6.45, 7) is 8.09. The van der Waals surface area contributed by atoms with Crippen molar-refractivity contribution in [2.45, 2.75) is 45.1 Å². The molecule has 6 heterocycles. The van der Waals surface area contributed by atoms with Crippen LogP contribution in [-0.4, -0.2) is 108 Å². The molecule has 340 valence electrons. The highest BCUT2D eigenvalue weighted by Gasteiger charge is 2.45. The number of aryl methyl sites for hydroxylation is 1. The summed E-state index contributed by atoms with van der Waals surface area (Å²) >= 11 is 0. The Labute approximate surface area is 377 Å². The molecule has 4 aliphatic heterocycles. The minimum absolute atomic E-state index is 0.0647. The first-order valence-electron chi connectivity index (χ1n) is 21.6. The molecule has 3 aromatic carbocycles. The molecule has 5 amide bonds. The van der Waals surface area contributed by atoms with Crippen LogP contribution in [0.3, 0.4) is 0 Å². The molecule has 15 nitrogen and oxygen atoms in total. The number of piperidine rings is 1. The molecule has 0 bridgehead atoms. The van der Waals surface area contributed by atoms with Gasteiger partial charge in [-0.25, -0.2) is 4.98 Å². The van der Waals surface area contributed by atoms with Gasteiger partial charge in [-0.15, -0.1) is 0 Å². The minimum Gasteiger partial charge on any atom is -0.471 e. The number of aromatic nitrogens is 2. The summed E-state index contributed by atoms with van der Waals surface area (Å²) in [5.74, 6) is -2.35. The van der Waals surface area contributed by atoms with Crippen molar-refractivity contribution in [3.05, 3.63) is 130 Å². The minimum atomic E-state index is -4.58. The number of anilines is 3. The molecule has 1 unspecified atom stereocenters. The number of carbonyl (C=O) groups is 5. The Morgan fingerprint density at radius 1 is 0.818 bits per heavy atom. The summed E-state index contributed by atoms with van der Waals surface area (Å²) in [5.41, 5.74) is 5.52. The third-order valence-electron chi connectivity index (χ3n) is 12.3. The van der Waals surface area contributed by atoms with Crippen LogP contribution < -0.4 is 25.2 Å². The Balaban J connectivity index is 0.816. The van der Waals surface area contributed by atoms with E-state index in [1.807, 2.05) is 31.2 Å². The molecule has 0 radical (unpaired) electrons. The van der Waals surface area contributed by atoms with Crippen LogP contribution in [0.25, 0.3) is 11.1 Å². The van der Waals surface area contributed by atoms with E-state index in [9.17, 15) is 37.1 Å². The van der Waals surface area contributed by atoms with Crippen molar-refractivity contribution in [3.8, 4) is 17.0 Å². The number of alkyl halides is 3. The van der Waals surface area contributed by atoms with Crippen LogP contribution in [-0.2, 0) is 33.7 Å². The molecule has 3 saturated heterocycles. The fourth-order valence-corrected chi connectivity index (χ4v) is 8.63. The molecule has 2 N–H and O–H groups in total. The van der Waals surface area contributed by atoms with Gasteiger partial charge >= 0.3 is 6.18 Å². The molecule has 0 spiro atoms. The Kier molecular flexibility index (Phi) is 12.3. The van der Waals surface area contributed by atoms with Gasteiger partial charge in [0.2, 0.25) is 17.7 Å². The Hall–Kier alpha value is -7.18. The number of hydrogen-bond donors (Lipinski definition) is 2. The van der Waals surface area contributed by atoms with Crippen LogP contribution in [0.2, 0.25) is 0 Å². The van der Waals surface area contributed by atoms with Gasteiger partial charge < -0.3 is 24.6 Å². The molecule has 2 aromatic heterocycles. The zero-order valence-electron chi connectivity index (χ0n) is 35.9. The molecule has 3 fully saturated rings. The van der Waals surface area contributed by atoms with Crippen molar-refractivity contribution in [3.63, 3.8) is 0 Å². The summed E-state index contributed by atoms with van der Waals surface area (Å²) < 4.78 is 51.9. The summed E-state index contributed by atoms with van der Waals surface area (Å²) in [7, 11) is 0. The number of benzene rings is 3. The van der Waals surface area contributed by atoms with Gasteiger partial charge in [-0.3, -0.25) is 44.1 Å². The first kappa shape index (κ1) is 44.0. The lowest BCUT2D eigenvalue weighted by molar-refractivity contribution is -0.138. The molecule has 0 aliphatic carbocycles. The SMILES string of the molecule is Cc1ncc(NC(=O)c2cccc(C(F)(F)F)c2)cc1-c1cnc(OCc2ccc(CN3CCN(c4ccc5c(c4)C(=O)N(C4CCC(=O)NC4=O)C5=O)CC3)cc2)c(N2CCOCC2)c1. The molecule has 1 atom stereocenters. The van der Waals surface area contributed by atoms with Gasteiger partial charge in [0.25, 0.3) is 17.7 Å². The van der Waals surface area contributed by atoms with Gasteiger partial charge in [-0.1, -0.05) is 30.3 Å². The van der Waals surface area contributed by atoms with Gasteiger partial charge in [0.1, 0.15) is 18.3 Å². The van der Waals surface area contributed by atoms with E-state index in [0.717, 1.165) is 59.2 Å². The molecular formula is C48H45F3N8O7. The van der Waals surface area contributed by atoms with Crippen LogP contribution in [0, 0.1) is 6.92 Å². The van der Waals surface area contributed by atoms with Crippen molar-refractivity contribution >= 4 is 46.6 Å². The van der Waals surface area contributed by atoms with E-state index >= 15 is 0 Å². The number of carbonyl (C=O) groups excluding carboxylic acids is 5. The average molecular weight is 903 g/mol. The van der Waals surface area contributed by atoms with Gasteiger partial charge in [-0.05, 0) is 73.0 Å². The highest BCUT2D eigenvalue weighted by Crippen LogP contribution is 2.36. The predicted molar refractivity (Wildman–Crippen MR) is 236 cm³/mol. The Morgan fingerprint density at radius 3 is 2.30 bits per heavy atom. The van der Waals surface area contributed by atoms with Crippen molar-refractivity contribution in [1.82, 2.24) is 25.1 Å². The third kappa shape index (κ3) is 9.32. The monoisotopic (exact) mass is 902 g/mol. The number of amides is 5. The number of piperazine rings is 1. The van der Waals surface area contributed by atoms with E-state index in [1.54, 1.807) is 24.4 Å². The molecule has 5 aromatic rings. The summed E-state index contributed by atoms with van der Waals surface area (Å²) in [6.07, 6.45) is -1.28. The number of morpholine rings is 1. The summed E-state index contributed by atoms with van der Waals surface area (Å²) in [6, 6.07) is 20.3. The number of pyridine rings is 2. The van der Waals surface area contributed by atoms with Gasteiger partial charge in [0, 0.05) is 86.5 Å². The van der Waals surface area contributed by atoms with E-state index in [0.29, 0.717) is 67.8 Å². The average Bonchev–Trinajstić information content (AvgIpc) is 3.57. The number of fused-ring (bicyclic) bond motifs is 1. The number of ether oxygens (including phenoxy) is 2. The molecule has 4 aliphatic rings. The van der Waals surface area contributed by atoms with Gasteiger partial charge in [0.15, 0.2) is 0 Å². The first-order chi connectivity index (χ1) is 31.8. The van der Waals surface area contributed by atoms with Crippen LogP contribution in [0.1, 0.15) is 66.3 Å². The van der Waals surface area contributed by atoms with Crippen molar-refractivity contribution in [1.29, 1.82) is 0 Å². The second-order valence-electron chi connectivity index (χ2n) is 16.6. The van der Waals surface area contributed by atoms with Gasteiger partial charge in [-0.2, -0.15) is 13.2 Å². The fraction of sp³-hybridized carbons (Fsp3) is 0.312. The second-order valence-corrected chi connectivity index (χ2v) is 16.6. The number of rotatable bonds is 11. The van der Waals surface area contributed by atoms with Crippen LogP contribution in [0.15, 0.2) is 91.3 Å². The summed E-state index contributed by atoms with van der Waals surface area (Å²) in [5, 5.41) is 4.90. The Bertz CT molecular complexity index is 2720. The highest BCUT2D eigenvalue weighted by atomic mass is 19.4. The van der Waals surface area contributed by atoms with Crippen LogP contribution in [0.4, 0.5) is 30.2 Å². The molecule has 66 heavy (non-hydrogen) atoms. The zero-order valence-corrected chi connectivity index (χ0v) is 35.9. The molecule has 18 heteroatoms. The maximum atomic E-state index is 13.4. The molecule has 0 saturated carbocycles. The smallest absolute Gasteiger partial charge is 0.416 e. The maximum absolute atomic E-state index is 13.4. The van der Waals surface area contributed by atoms with Crippen molar-refractivity contribution < 1.29 is 46.6 Å². The lowest BCUT2D eigenvalue weighted by Gasteiger charge is -2.36. The number of imide groups is 2. The zero-order chi connectivity index (χ0) is 46.1. The second kappa shape index (κ2) is 18.4. The van der Waals surface area contributed by atoms with E-state index in [1.165, 1.54) is 18.3 Å². The maximum Gasteiger partial charge on any atom is 0.416 e.